The van der Waals surface area contributed by atoms with Crippen LogP contribution < -0.4 is 4.90 Å². The number of halogens is 1. The minimum atomic E-state index is -0.151. The maximum Gasteiger partial charge on any atom is 0.123 e. The van der Waals surface area contributed by atoms with Crippen LogP contribution in [-0.4, -0.2) is 42.6 Å². The van der Waals surface area contributed by atoms with Crippen LogP contribution in [-0.2, 0) is 12.8 Å². The maximum absolute atomic E-state index is 13.2. The fourth-order valence-electron chi connectivity index (χ4n) is 5.32. The molecule has 4 heteroatoms. The van der Waals surface area contributed by atoms with Gasteiger partial charge in [0.1, 0.15) is 5.82 Å². The van der Waals surface area contributed by atoms with E-state index in [0.717, 1.165) is 25.4 Å². The molecule has 2 fully saturated rings. The number of hydrogen-bond donors (Lipinski definition) is 0. The molecule has 2 aromatic rings. The summed E-state index contributed by atoms with van der Waals surface area (Å²) in [5.41, 5.74) is 4.36. The summed E-state index contributed by atoms with van der Waals surface area (Å²) in [4.78, 5) is 9.68. The van der Waals surface area contributed by atoms with E-state index >= 15 is 0 Å². The number of pyridine rings is 1. The van der Waals surface area contributed by atoms with Crippen molar-refractivity contribution in [1.29, 1.82) is 0 Å². The average Bonchev–Trinajstić information content (AvgIpc) is 3.35. The van der Waals surface area contributed by atoms with E-state index in [9.17, 15) is 4.39 Å². The molecule has 3 aliphatic rings. The van der Waals surface area contributed by atoms with Gasteiger partial charge in [0.15, 0.2) is 0 Å². The number of benzene rings is 1. The first-order valence-corrected chi connectivity index (χ1v) is 9.85. The molecule has 3 nitrogen and oxygen atoms in total. The number of nitrogens with zero attached hydrogens (tertiary/aromatic N) is 3. The predicted molar refractivity (Wildman–Crippen MR) is 102 cm³/mol. The summed E-state index contributed by atoms with van der Waals surface area (Å²) in [6, 6.07) is 11.3. The highest BCUT2D eigenvalue weighted by molar-refractivity contribution is 5.48. The zero-order chi connectivity index (χ0) is 17.6. The molecule has 0 amide bonds. The molecule has 3 heterocycles. The molecule has 0 N–H and O–H groups in total. The zero-order valence-corrected chi connectivity index (χ0v) is 15.2. The first-order chi connectivity index (χ1) is 12.7. The van der Waals surface area contributed by atoms with Crippen molar-refractivity contribution in [2.45, 2.75) is 25.7 Å². The lowest BCUT2D eigenvalue weighted by Gasteiger charge is -2.26. The van der Waals surface area contributed by atoms with E-state index in [0.29, 0.717) is 5.41 Å². The van der Waals surface area contributed by atoms with Crippen LogP contribution in [0, 0.1) is 17.2 Å². The summed E-state index contributed by atoms with van der Waals surface area (Å²) < 4.78 is 13.2. The predicted octanol–water partition coefficient (Wildman–Crippen LogP) is 3.54. The van der Waals surface area contributed by atoms with Gasteiger partial charge in [-0.05, 0) is 74.0 Å². The van der Waals surface area contributed by atoms with E-state index in [1.807, 2.05) is 18.3 Å². The highest BCUT2D eigenvalue weighted by Gasteiger charge is 2.44. The van der Waals surface area contributed by atoms with Crippen LogP contribution in [0.15, 0.2) is 42.6 Å². The Morgan fingerprint density at radius 3 is 2.73 bits per heavy atom. The summed E-state index contributed by atoms with van der Waals surface area (Å²) >= 11 is 0. The van der Waals surface area contributed by atoms with Gasteiger partial charge in [-0.2, -0.15) is 0 Å². The van der Waals surface area contributed by atoms with Gasteiger partial charge < -0.3 is 9.80 Å². The minimum absolute atomic E-state index is 0.151. The SMILES string of the molecule is Fc1ccc(N2CCC3(CCN(CC4Cc5cccnc5C4)C3)C2)cc1. The van der Waals surface area contributed by atoms with Gasteiger partial charge in [0.25, 0.3) is 0 Å². The molecule has 2 aliphatic heterocycles. The molecule has 2 atom stereocenters. The van der Waals surface area contributed by atoms with E-state index in [-0.39, 0.29) is 5.82 Å². The van der Waals surface area contributed by atoms with E-state index in [2.05, 4.69) is 26.9 Å². The third-order valence-electron chi connectivity index (χ3n) is 6.64. The second-order valence-electron chi connectivity index (χ2n) is 8.52. The molecule has 1 aromatic carbocycles. The number of aromatic nitrogens is 1. The first-order valence-electron chi connectivity index (χ1n) is 9.85. The average molecular weight is 351 g/mol. The third-order valence-corrected chi connectivity index (χ3v) is 6.64. The largest absolute Gasteiger partial charge is 0.371 e. The summed E-state index contributed by atoms with van der Waals surface area (Å²) in [5, 5.41) is 0. The first kappa shape index (κ1) is 16.2. The molecule has 26 heavy (non-hydrogen) atoms. The van der Waals surface area contributed by atoms with E-state index in [1.165, 1.54) is 55.8 Å². The number of fused-ring (bicyclic) bond motifs is 1. The molecule has 0 radical (unpaired) electrons. The Morgan fingerprint density at radius 2 is 1.88 bits per heavy atom. The van der Waals surface area contributed by atoms with Crippen molar-refractivity contribution in [2.24, 2.45) is 11.3 Å². The van der Waals surface area contributed by atoms with Crippen LogP contribution in [0.1, 0.15) is 24.1 Å². The molecule has 1 aliphatic carbocycles. The molecular weight excluding hydrogens is 325 g/mol. The summed E-state index contributed by atoms with van der Waals surface area (Å²) in [6.45, 7) is 5.84. The van der Waals surface area contributed by atoms with Crippen molar-refractivity contribution in [3.63, 3.8) is 0 Å². The van der Waals surface area contributed by atoms with Crippen LogP contribution in [0.4, 0.5) is 10.1 Å². The van der Waals surface area contributed by atoms with Gasteiger partial charge in [0.2, 0.25) is 0 Å². The van der Waals surface area contributed by atoms with Gasteiger partial charge in [-0.1, -0.05) is 6.07 Å². The van der Waals surface area contributed by atoms with Gasteiger partial charge >= 0.3 is 0 Å². The minimum Gasteiger partial charge on any atom is -0.371 e. The van der Waals surface area contributed by atoms with Crippen molar-refractivity contribution in [1.82, 2.24) is 9.88 Å². The van der Waals surface area contributed by atoms with Crippen LogP contribution >= 0.6 is 0 Å². The Kier molecular flexibility index (Phi) is 3.96. The monoisotopic (exact) mass is 351 g/mol. The van der Waals surface area contributed by atoms with Crippen molar-refractivity contribution >= 4 is 5.69 Å². The Morgan fingerprint density at radius 1 is 1.04 bits per heavy atom. The Bertz CT molecular complexity index is 765. The molecule has 136 valence electrons. The van der Waals surface area contributed by atoms with Crippen LogP contribution in [0.3, 0.4) is 0 Å². The number of hydrogen-bond acceptors (Lipinski definition) is 3. The van der Waals surface area contributed by atoms with Crippen LogP contribution in [0.5, 0.6) is 0 Å². The highest BCUT2D eigenvalue weighted by atomic mass is 19.1. The lowest BCUT2D eigenvalue weighted by molar-refractivity contribution is 0.243. The van der Waals surface area contributed by atoms with Gasteiger partial charge in [0.05, 0.1) is 0 Å². The quantitative estimate of drug-likeness (QED) is 0.843. The topological polar surface area (TPSA) is 19.4 Å². The van der Waals surface area contributed by atoms with E-state index < -0.39 is 0 Å². The van der Waals surface area contributed by atoms with E-state index in [4.69, 9.17) is 0 Å². The normalized spacial score (nSPS) is 28.2. The summed E-state index contributed by atoms with van der Waals surface area (Å²) in [5.74, 6) is 0.575. The molecule has 2 saturated heterocycles. The lowest BCUT2D eigenvalue weighted by atomic mass is 9.86. The van der Waals surface area contributed by atoms with Gasteiger partial charge in [-0.3, -0.25) is 4.98 Å². The molecule has 2 unspecified atom stereocenters. The second kappa shape index (κ2) is 6.34. The summed E-state index contributed by atoms with van der Waals surface area (Å²) in [7, 11) is 0. The number of rotatable bonds is 3. The second-order valence-corrected chi connectivity index (χ2v) is 8.52. The number of likely N-dealkylation sites (tertiary alicyclic amines) is 1. The van der Waals surface area contributed by atoms with Crippen LogP contribution in [0.2, 0.25) is 0 Å². The highest BCUT2D eigenvalue weighted by Crippen LogP contribution is 2.41. The molecule has 1 aromatic heterocycles. The molecule has 1 spiro atoms. The van der Waals surface area contributed by atoms with Crippen molar-refractivity contribution in [3.05, 3.63) is 59.7 Å². The summed E-state index contributed by atoms with van der Waals surface area (Å²) in [6.07, 6.45) is 6.81. The molecule has 5 rings (SSSR count). The Hall–Kier alpha value is -1.94. The van der Waals surface area contributed by atoms with Gasteiger partial charge in [0, 0.05) is 49.2 Å². The van der Waals surface area contributed by atoms with Crippen LogP contribution in [0.25, 0.3) is 0 Å². The maximum atomic E-state index is 13.2. The third kappa shape index (κ3) is 3.01. The Balaban J connectivity index is 1.19. The fraction of sp³-hybridized carbons (Fsp3) is 0.500. The van der Waals surface area contributed by atoms with Crippen molar-refractivity contribution in [2.75, 3.05) is 37.6 Å². The van der Waals surface area contributed by atoms with Gasteiger partial charge in [-0.15, -0.1) is 0 Å². The van der Waals surface area contributed by atoms with Crippen molar-refractivity contribution in [3.8, 4) is 0 Å². The van der Waals surface area contributed by atoms with Crippen molar-refractivity contribution < 1.29 is 4.39 Å². The fourth-order valence-corrected chi connectivity index (χ4v) is 5.32. The number of anilines is 1. The smallest absolute Gasteiger partial charge is 0.123 e. The standard InChI is InChI=1S/C22H26FN3/c23-19-3-5-20(6-4-19)26-11-8-22(16-26)7-10-25(15-22)14-17-12-18-2-1-9-24-21(18)13-17/h1-6,9,17H,7-8,10-16H2. The lowest BCUT2D eigenvalue weighted by Crippen LogP contribution is -2.33. The molecule has 0 bridgehead atoms. The zero-order valence-electron chi connectivity index (χ0n) is 15.2. The molecular formula is C22H26FN3. The molecule has 0 saturated carbocycles. The van der Waals surface area contributed by atoms with Gasteiger partial charge in [-0.25, -0.2) is 4.39 Å². The van der Waals surface area contributed by atoms with E-state index in [1.54, 1.807) is 12.1 Å². The Labute approximate surface area is 154 Å².